The summed E-state index contributed by atoms with van der Waals surface area (Å²) in [6.45, 7) is 0.0444. The zero-order valence-electron chi connectivity index (χ0n) is 12.8. The molecule has 122 valence electrons. The highest BCUT2D eigenvalue weighted by Gasteiger charge is 2.13. The Morgan fingerprint density at radius 1 is 1.12 bits per heavy atom. The smallest absolute Gasteiger partial charge is 0.322 e. The molecule has 3 N–H and O–H groups in total. The first kappa shape index (κ1) is 15.6. The molecule has 0 aliphatic carbocycles. The van der Waals surface area contributed by atoms with E-state index in [1.807, 2.05) is 36.4 Å². The van der Waals surface area contributed by atoms with Gasteiger partial charge in [0.1, 0.15) is 18.9 Å². The lowest BCUT2D eigenvalue weighted by Gasteiger charge is -2.06. The zero-order valence-corrected chi connectivity index (χ0v) is 12.8. The minimum absolute atomic E-state index is 0.404. The topological polar surface area (TPSA) is 91.4 Å². The molecule has 0 atom stereocenters. The molecule has 3 rings (SSSR count). The predicted octanol–water partition coefficient (Wildman–Crippen LogP) is 2.56. The number of aliphatic carboxylic acids is 1. The van der Waals surface area contributed by atoms with E-state index in [1.165, 1.54) is 0 Å². The Hall–Kier alpha value is -3.28. The van der Waals surface area contributed by atoms with E-state index in [1.54, 1.807) is 18.3 Å². The number of H-pyrrole nitrogens is 1. The second-order valence-electron chi connectivity index (χ2n) is 5.26. The van der Waals surface area contributed by atoms with Crippen LogP contribution in [0.15, 0.2) is 54.7 Å². The third-order valence-corrected chi connectivity index (χ3v) is 3.55. The molecule has 0 bridgehead atoms. The maximum Gasteiger partial charge on any atom is 0.322 e. The molecule has 1 amide bonds. The molecule has 0 radical (unpaired) electrons. The quantitative estimate of drug-likeness (QED) is 0.650. The van der Waals surface area contributed by atoms with Crippen LogP contribution in [0.4, 0.5) is 0 Å². The van der Waals surface area contributed by atoms with Gasteiger partial charge in [0.25, 0.3) is 5.91 Å². The SMILES string of the molecule is O=C(O)CNC(=O)c1c[nH]c2cc(OCc3ccccc3)ccc12. The van der Waals surface area contributed by atoms with Crippen molar-refractivity contribution in [3.63, 3.8) is 0 Å². The minimum Gasteiger partial charge on any atom is -0.489 e. The number of aromatic nitrogens is 1. The number of carboxylic acids is 1. The molecule has 1 aromatic heterocycles. The minimum atomic E-state index is -1.08. The summed E-state index contributed by atoms with van der Waals surface area (Å²) in [5, 5.41) is 11.7. The molecule has 0 aliphatic heterocycles. The van der Waals surface area contributed by atoms with Crippen LogP contribution in [0, 0.1) is 0 Å². The van der Waals surface area contributed by atoms with Crippen molar-refractivity contribution >= 4 is 22.8 Å². The van der Waals surface area contributed by atoms with Gasteiger partial charge < -0.3 is 20.1 Å². The fourth-order valence-corrected chi connectivity index (χ4v) is 2.37. The Bertz CT molecular complexity index is 871. The standard InChI is InChI=1S/C18H16N2O4/c21-17(22)10-20-18(23)15-9-19-16-8-13(6-7-14(15)16)24-11-12-4-2-1-3-5-12/h1-9,19H,10-11H2,(H,20,23)(H,21,22). The van der Waals surface area contributed by atoms with Crippen LogP contribution in [0.5, 0.6) is 5.75 Å². The van der Waals surface area contributed by atoms with E-state index in [9.17, 15) is 9.59 Å². The van der Waals surface area contributed by atoms with Gasteiger partial charge >= 0.3 is 5.97 Å². The average Bonchev–Trinajstić information content (AvgIpc) is 3.02. The number of carbonyl (C=O) groups is 2. The first-order valence-corrected chi connectivity index (χ1v) is 7.41. The average molecular weight is 324 g/mol. The number of amides is 1. The van der Waals surface area contributed by atoms with E-state index < -0.39 is 18.4 Å². The molecule has 2 aromatic carbocycles. The first-order valence-electron chi connectivity index (χ1n) is 7.41. The van der Waals surface area contributed by atoms with Crippen molar-refractivity contribution in [3.05, 3.63) is 65.9 Å². The van der Waals surface area contributed by atoms with Crippen molar-refractivity contribution < 1.29 is 19.4 Å². The summed E-state index contributed by atoms with van der Waals surface area (Å²) >= 11 is 0. The van der Waals surface area contributed by atoms with Crippen LogP contribution >= 0.6 is 0 Å². The second kappa shape index (κ2) is 6.87. The monoisotopic (exact) mass is 324 g/mol. The van der Waals surface area contributed by atoms with Crippen molar-refractivity contribution in [3.8, 4) is 5.75 Å². The number of hydrogen-bond donors (Lipinski definition) is 3. The number of ether oxygens (including phenoxy) is 1. The van der Waals surface area contributed by atoms with E-state index in [0.29, 0.717) is 23.3 Å². The van der Waals surface area contributed by atoms with E-state index in [0.717, 1.165) is 11.1 Å². The summed E-state index contributed by atoms with van der Waals surface area (Å²) in [5.74, 6) is -0.827. The molecule has 0 unspecified atom stereocenters. The van der Waals surface area contributed by atoms with Gasteiger partial charge in [-0.3, -0.25) is 9.59 Å². The van der Waals surface area contributed by atoms with Crippen LogP contribution in [0.25, 0.3) is 10.9 Å². The van der Waals surface area contributed by atoms with Gasteiger partial charge in [0, 0.05) is 23.2 Å². The summed E-state index contributed by atoms with van der Waals surface area (Å²) in [5.41, 5.74) is 2.22. The van der Waals surface area contributed by atoms with Crippen molar-refractivity contribution in [2.24, 2.45) is 0 Å². The normalized spacial score (nSPS) is 10.5. The maximum atomic E-state index is 12.0. The highest BCUT2D eigenvalue weighted by molar-refractivity contribution is 6.07. The summed E-state index contributed by atoms with van der Waals surface area (Å²) in [6.07, 6.45) is 1.56. The second-order valence-corrected chi connectivity index (χ2v) is 5.26. The Morgan fingerprint density at radius 3 is 2.67 bits per heavy atom. The molecule has 24 heavy (non-hydrogen) atoms. The molecule has 0 aliphatic rings. The lowest BCUT2D eigenvalue weighted by atomic mass is 10.1. The summed E-state index contributed by atoms with van der Waals surface area (Å²) in [7, 11) is 0. The number of hydrogen-bond acceptors (Lipinski definition) is 3. The van der Waals surface area contributed by atoms with Crippen molar-refractivity contribution in [1.82, 2.24) is 10.3 Å². The molecule has 3 aromatic rings. The Kier molecular flexibility index (Phi) is 4.47. The summed E-state index contributed by atoms with van der Waals surface area (Å²) in [6, 6.07) is 15.2. The molecule has 1 heterocycles. The Balaban J connectivity index is 1.73. The highest BCUT2D eigenvalue weighted by atomic mass is 16.5. The van der Waals surface area contributed by atoms with Crippen LogP contribution in [0.2, 0.25) is 0 Å². The third-order valence-electron chi connectivity index (χ3n) is 3.55. The Morgan fingerprint density at radius 2 is 1.92 bits per heavy atom. The largest absolute Gasteiger partial charge is 0.489 e. The molecule has 0 spiro atoms. The first-order chi connectivity index (χ1) is 11.6. The van der Waals surface area contributed by atoms with Gasteiger partial charge in [-0.15, -0.1) is 0 Å². The summed E-state index contributed by atoms with van der Waals surface area (Å²) in [4.78, 5) is 25.5. The Labute approximate surface area is 138 Å². The predicted molar refractivity (Wildman–Crippen MR) is 89.0 cm³/mol. The molecular weight excluding hydrogens is 308 g/mol. The van der Waals surface area contributed by atoms with Crippen LogP contribution in [0.3, 0.4) is 0 Å². The van der Waals surface area contributed by atoms with E-state index in [2.05, 4.69) is 10.3 Å². The lowest BCUT2D eigenvalue weighted by molar-refractivity contribution is -0.135. The number of benzene rings is 2. The van der Waals surface area contributed by atoms with Gasteiger partial charge in [0.05, 0.1) is 5.56 Å². The number of rotatable bonds is 6. The van der Waals surface area contributed by atoms with Gasteiger partial charge in [-0.2, -0.15) is 0 Å². The molecule has 0 fully saturated rings. The van der Waals surface area contributed by atoms with Crippen LogP contribution in [0.1, 0.15) is 15.9 Å². The molecule has 6 nitrogen and oxygen atoms in total. The summed E-state index contributed by atoms with van der Waals surface area (Å²) < 4.78 is 5.75. The number of aromatic amines is 1. The number of fused-ring (bicyclic) bond motifs is 1. The van der Waals surface area contributed by atoms with E-state index >= 15 is 0 Å². The van der Waals surface area contributed by atoms with Crippen molar-refractivity contribution in [2.45, 2.75) is 6.61 Å². The highest BCUT2D eigenvalue weighted by Crippen LogP contribution is 2.24. The van der Waals surface area contributed by atoms with Gasteiger partial charge in [-0.05, 0) is 17.7 Å². The van der Waals surface area contributed by atoms with Crippen LogP contribution in [-0.4, -0.2) is 28.5 Å². The maximum absolute atomic E-state index is 12.0. The molecule has 0 saturated carbocycles. The molecular formula is C18H16N2O4. The zero-order chi connectivity index (χ0) is 16.9. The molecule has 6 heteroatoms. The fourth-order valence-electron chi connectivity index (χ4n) is 2.37. The van der Waals surface area contributed by atoms with E-state index in [-0.39, 0.29) is 0 Å². The van der Waals surface area contributed by atoms with Gasteiger partial charge in [-0.25, -0.2) is 0 Å². The van der Waals surface area contributed by atoms with Crippen molar-refractivity contribution in [1.29, 1.82) is 0 Å². The van der Waals surface area contributed by atoms with E-state index in [4.69, 9.17) is 9.84 Å². The number of carboxylic acid groups (broad SMARTS) is 1. The third kappa shape index (κ3) is 3.55. The molecule has 0 saturated heterocycles. The fraction of sp³-hybridized carbons (Fsp3) is 0.111. The van der Waals surface area contributed by atoms with Gasteiger partial charge in [-0.1, -0.05) is 30.3 Å². The van der Waals surface area contributed by atoms with Gasteiger partial charge in [0.2, 0.25) is 0 Å². The van der Waals surface area contributed by atoms with Crippen LogP contribution < -0.4 is 10.1 Å². The van der Waals surface area contributed by atoms with Crippen molar-refractivity contribution in [2.75, 3.05) is 6.54 Å². The number of nitrogens with one attached hydrogen (secondary N) is 2. The van der Waals surface area contributed by atoms with Crippen LogP contribution in [-0.2, 0) is 11.4 Å². The number of carbonyl (C=O) groups excluding carboxylic acids is 1. The van der Waals surface area contributed by atoms with Gasteiger partial charge in [0.15, 0.2) is 0 Å². The lowest BCUT2D eigenvalue weighted by Crippen LogP contribution is -2.29.